The zero-order valence-corrected chi connectivity index (χ0v) is 11.9. The van der Waals surface area contributed by atoms with Crippen LogP contribution >= 0.6 is 0 Å². The number of nitrogens with zero attached hydrogens (tertiary/aromatic N) is 2. The number of aryl methyl sites for hydroxylation is 2. The van der Waals surface area contributed by atoms with Gasteiger partial charge in [-0.15, -0.1) is 0 Å². The molecule has 19 heavy (non-hydrogen) atoms. The third-order valence-corrected chi connectivity index (χ3v) is 3.55. The predicted octanol–water partition coefficient (Wildman–Crippen LogP) is 2.13. The molecule has 1 aromatic carbocycles. The molecule has 1 saturated heterocycles. The number of likely N-dealkylation sites (tertiary alicyclic amines) is 1. The van der Waals surface area contributed by atoms with Crippen LogP contribution in [0.25, 0.3) is 0 Å². The number of hydrogen-bond acceptors (Lipinski definition) is 2. The van der Waals surface area contributed by atoms with E-state index in [4.69, 9.17) is 5.73 Å². The summed E-state index contributed by atoms with van der Waals surface area (Å²) in [5.41, 5.74) is 9.38. The van der Waals surface area contributed by atoms with Crippen molar-refractivity contribution in [1.82, 2.24) is 4.90 Å². The summed E-state index contributed by atoms with van der Waals surface area (Å²) in [5, 5.41) is 3.19. The number of aliphatic imine (C=N–C) groups is 1. The standard InChI is InChI=1S/C15H24N4/c1-12-5-6-13(2)14(11-12)18-15(16)17-7-10-19-8-3-4-9-19/h5-6,11H,3-4,7-10H2,1-2H3,(H3,16,17,18). The van der Waals surface area contributed by atoms with E-state index >= 15 is 0 Å². The Hall–Kier alpha value is -1.55. The quantitative estimate of drug-likeness (QED) is 0.644. The van der Waals surface area contributed by atoms with Gasteiger partial charge in [0.25, 0.3) is 0 Å². The van der Waals surface area contributed by atoms with Crippen LogP contribution in [0.3, 0.4) is 0 Å². The molecule has 0 atom stereocenters. The fourth-order valence-electron chi connectivity index (χ4n) is 2.37. The van der Waals surface area contributed by atoms with Crippen LogP contribution in [0.15, 0.2) is 23.2 Å². The highest BCUT2D eigenvalue weighted by Gasteiger charge is 2.10. The maximum Gasteiger partial charge on any atom is 0.193 e. The largest absolute Gasteiger partial charge is 0.370 e. The summed E-state index contributed by atoms with van der Waals surface area (Å²) in [6.07, 6.45) is 2.64. The highest BCUT2D eigenvalue weighted by atomic mass is 15.2. The number of anilines is 1. The van der Waals surface area contributed by atoms with Crippen molar-refractivity contribution in [1.29, 1.82) is 0 Å². The van der Waals surface area contributed by atoms with E-state index in [0.29, 0.717) is 5.96 Å². The van der Waals surface area contributed by atoms with Gasteiger partial charge in [-0.2, -0.15) is 0 Å². The molecule has 1 fully saturated rings. The van der Waals surface area contributed by atoms with Crippen LogP contribution in [0.5, 0.6) is 0 Å². The van der Waals surface area contributed by atoms with Gasteiger partial charge in [0.1, 0.15) is 0 Å². The van der Waals surface area contributed by atoms with E-state index in [2.05, 4.69) is 47.3 Å². The molecule has 4 heteroatoms. The molecule has 1 aliphatic heterocycles. The zero-order valence-electron chi connectivity index (χ0n) is 11.9. The van der Waals surface area contributed by atoms with Gasteiger partial charge in [-0.05, 0) is 57.0 Å². The van der Waals surface area contributed by atoms with Crippen molar-refractivity contribution in [2.45, 2.75) is 26.7 Å². The lowest BCUT2D eigenvalue weighted by Gasteiger charge is -2.13. The van der Waals surface area contributed by atoms with Crippen LogP contribution in [0.2, 0.25) is 0 Å². The number of guanidine groups is 1. The molecule has 1 heterocycles. The van der Waals surface area contributed by atoms with Gasteiger partial charge in [0.2, 0.25) is 0 Å². The molecule has 2 rings (SSSR count). The van der Waals surface area contributed by atoms with Crippen LogP contribution in [0, 0.1) is 13.8 Å². The van der Waals surface area contributed by atoms with E-state index in [0.717, 1.165) is 18.8 Å². The van der Waals surface area contributed by atoms with Gasteiger partial charge in [0, 0.05) is 12.2 Å². The number of benzene rings is 1. The highest BCUT2D eigenvalue weighted by molar-refractivity contribution is 5.93. The molecule has 1 aromatic rings. The summed E-state index contributed by atoms with van der Waals surface area (Å²) in [5.74, 6) is 0.507. The summed E-state index contributed by atoms with van der Waals surface area (Å²) >= 11 is 0. The molecular formula is C15H24N4. The van der Waals surface area contributed by atoms with Crippen LogP contribution in [0.4, 0.5) is 5.69 Å². The second-order valence-electron chi connectivity index (χ2n) is 5.26. The molecule has 3 N–H and O–H groups in total. The molecule has 0 saturated carbocycles. The molecule has 4 nitrogen and oxygen atoms in total. The number of nitrogens with two attached hydrogens (primary N) is 1. The monoisotopic (exact) mass is 260 g/mol. The molecular weight excluding hydrogens is 236 g/mol. The molecule has 0 aliphatic carbocycles. The average molecular weight is 260 g/mol. The fourth-order valence-corrected chi connectivity index (χ4v) is 2.37. The van der Waals surface area contributed by atoms with Crippen molar-refractivity contribution >= 4 is 11.6 Å². The smallest absolute Gasteiger partial charge is 0.193 e. The van der Waals surface area contributed by atoms with Crippen LogP contribution in [-0.2, 0) is 0 Å². The molecule has 0 aromatic heterocycles. The normalized spacial score (nSPS) is 16.8. The van der Waals surface area contributed by atoms with Gasteiger partial charge in [0.05, 0.1) is 6.54 Å². The van der Waals surface area contributed by atoms with Gasteiger partial charge in [-0.3, -0.25) is 4.99 Å². The van der Waals surface area contributed by atoms with Crippen molar-refractivity contribution in [2.75, 3.05) is 31.5 Å². The first-order valence-electron chi connectivity index (χ1n) is 7.02. The average Bonchev–Trinajstić information content (AvgIpc) is 2.87. The second-order valence-corrected chi connectivity index (χ2v) is 5.26. The molecule has 104 valence electrons. The third kappa shape index (κ3) is 4.24. The van der Waals surface area contributed by atoms with E-state index < -0.39 is 0 Å². The Bertz CT molecular complexity index is 447. The highest BCUT2D eigenvalue weighted by Crippen LogP contribution is 2.15. The van der Waals surface area contributed by atoms with Crippen molar-refractivity contribution in [3.63, 3.8) is 0 Å². The van der Waals surface area contributed by atoms with Gasteiger partial charge in [-0.1, -0.05) is 12.1 Å². The molecule has 0 spiro atoms. The van der Waals surface area contributed by atoms with Gasteiger partial charge in [0.15, 0.2) is 5.96 Å². The van der Waals surface area contributed by atoms with Crippen LogP contribution in [-0.4, -0.2) is 37.0 Å². The summed E-state index contributed by atoms with van der Waals surface area (Å²) in [6.45, 7) is 8.34. The van der Waals surface area contributed by atoms with Gasteiger partial charge >= 0.3 is 0 Å². The van der Waals surface area contributed by atoms with Gasteiger partial charge in [-0.25, -0.2) is 0 Å². The summed E-state index contributed by atoms with van der Waals surface area (Å²) in [7, 11) is 0. The van der Waals surface area contributed by atoms with Gasteiger partial charge < -0.3 is 16.0 Å². The Kier molecular flexibility index (Phi) is 4.80. The van der Waals surface area contributed by atoms with E-state index in [-0.39, 0.29) is 0 Å². The van der Waals surface area contributed by atoms with Crippen molar-refractivity contribution in [3.8, 4) is 0 Å². The Morgan fingerprint density at radius 2 is 2.05 bits per heavy atom. The lowest BCUT2D eigenvalue weighted by Crippen LogP contribution is -2.27. The van der Waals surface area contributed by atoms with E-state index in [9.17, 15) is 0 Å². The summed E-state index contributed by atoms with van der Waals surface area (Å²) < 4.78 is 0. The Labute approximate surface area is 115 Å². The Morgan fingerprint density at radius 3 is 2.79 bits per heavy atom. The minimum Gasteiger partial charge on any atom is -0.370 e. The van der Waals surface area contributed by atoms with E-state index in [1.165, 1.54) is 37.1 Å². The molecule has 0 bridgehead atoms. The molecule has 0 amide bonds. The maximum atomic E-state index is 5.93. The Morgan fingerprint density at radius 1 is 1.32 bits per heavy atom. The second kappa shape index (κ2) is 6.57. The van der Waals surface area contributed by atoms with E-state index in [1.807, 2.05) is 0 Å². The molecule has 0 radical (unpaired) electrons. The van der Waals surface area contributed by atoms with Crippen LogP contribution < -0.4 is 11.1 Å². The summed E-state index contributed by atoms with van der Waals surface area (Å²) in [4.78, 5) is 6.83. The predicted molar refractivity (Wildman–Crippen MR) is 81.7 cm³/mol. The van der Waals surface area contributed by atoms with Crippen molar-refractivity contribution in [3.05, 3.63) is 29.3 Å². The number of hydrogen-bond donors (Lipinski definition) is 2. The van der Waals surface area contributed by atoms with E-state index in [1.54, 1.807) is 0 Å². The first-order chi connectivity index (χ1) is 9.15. The molecule has 1 aliphatic rings. The topological polar surface area (TPSA) is 53.6 Å². The lowest BCUT2D eigenvalue weighted by molar-refractivity contribution is 0.349. The zero-order chi connectivity index (χ0) is 13.7. The van der Waals surface area contributed by atoms with Crippen molar-refractivity contribution < 1.29 is 0 Å². The fraction of sp³-hybridized carbons (Fsp3) is 0.533. The first kappa shape index (κ1) is 13.9. The van der Waals surface area contributed by atoms with Crippen molar-refractivity contribution in [2.24, 2.45) is 10.7 Å². The lowest BCUT2D eigenvalue weighted by atomic mass is 10.1. The number of nitrogens with one attached hydrogen (secondary N) is 1. The minimum absolute atomic E-state index is 0.507. The third-order valence-electron chi connectivity index (χ3n) is 3.55. The van der Waals surface area contributed by atoms with Crippen LogP contribution in [0.1, 0.15) is 24.0 Å². The first-order valence-corrected chi connectivity index (χ1v) is 7.02. The SMILES string of the molecule is Cc1ccc(C)c(NC(N)=NCCN2CCCC2)c1. The Balaban J connectivity index is 1.85. The minimum atomic E-state index is 0.507. The maximum absolute atomic E-state index is 5.93. The summed E-state index contributed by atoms with van der Waals surface area (Å²) in [6, 6.07) is 6.29. The number of rotatable bonds is 4. The molecule has 0 unspecified atom stereocenters.